The van der Waals surface area contributed by atoms with E-state index in [2.05, 4.69) is 13.8 Å². The van der Waals surface area contributed by atoms with E-state index >= 15 is 0 Å². The van der Waals surface area contributed by atoms with Gasteiger partial charge in [0.05, 0.1) is 5.92 Å². The van der Waals surface area contributed by atoms with Crippen molar-refractivity contribution >= 4 is 18.3 Å². The lowest BCUT2D eigenvalue weighted by atomic mass is 9.79. The third-order valence-corrected chi connectivity index (χ3v) is 5.14. The molecule has 1 saturated heterocycles. The largest absolute Gasteiger partial charge is 0.341 e. The van der Waals surface area contributed by atoms with Crippen LogP contribution in [0.3, 0.4) is 0 Å². The molecule has 1 fully saturated rings. The molecule has 2 aromatic rings. The van der Waals surface area contributed by atoms with Crippen molar-refractivity contribution in [3.8, 4) is 0 Å². The van der Waals surface area contributed by atoms with E-state index in [0.29, 0.717) is 6.54 Å². The van der Waals surface area contributed by atoms with E-state index < -0.39 is 0 Å². The first-order valence-electron chi connectivity index (χ1n) is 8.63. The normalized spacial score (nSPS) is 19.4. The van der Waals surface area contributed by atoms with Gasteiger partial charge in [0.15, 0.2) is 0 Å². The Balaban J connectivity index is 0.00000225. The molecule has 0 aliphatic carbocycles. The van der Waals surface area contributed by atoms with Gasteiger partial charge in [0.1, 0.15) is 0 Å². The van der Waals surface area contributed by atoms with Gasteiger partial charge in [-0.2, -0.15) is 0 Å². The predicted octanol–water partition coefficient (Wildman–Crippen LogP) is 3.83. The van der Waals surface area contributed by atoms with Gasteiger partial charge in [-0.1, -0.05) is 74.5 Å². The van der Waals surface area contributed by atoms with Crippen molar-refractivity contribution in [3.05, 3.63) is 71.8 Å². The molecular weight excluding hydrogens is 332 g/mol. The topological polar surface area (TPSA) is 46.3 Å². The van der Waals surface area contributed by atoms with Crippen LogP contribution < -0.4 is 5.73 Å². The van der Waals surface area contributed by atoms with Crippen LogP contribution in [0.15, 0.2) is 60.7 Å². The van der Waals surface area contributed by atoms with Gasteiger partial charge < -0.3 is 10.6 Å². The fraction of sp³-hybridized carbons (Fsp3) is 0.381. The summed E-state index contributed by atoms with van der Waals surface area (Å²) in [4.78, 5) is 15.4. The molecule has 1 heterocycles. The zero-order valence-corrected chi connectivity index (χ0v) is 15.7. The van der Waals surface area contributed by atoms with Crippen LogP contribution in [0, 0.1) is 5.41 Å². The van der Waals surface area contributed by atoms with Gasteiger partial charge in [-0.25, -0.2) is 0 Å². The Bertz CT molecular complexity index is 648. The molecular formula is C21H27ClN2O. The molecule has 0 bridgehead atoms. The molecule has 4 heteroatoms. The Kier molecular flexibility index (Phi) is 6.26. The summed E-state index contributed by atoms with van der Waals surface area (Å²) in [6.07, 6.45) is 0.856. The summed E-state index contributed by atoms with van der Waals surface area (Å²) in [7, 11) is 0. The minimum absolute atomic E-state index is 0. The van der Waals surface area contributed by atoms with E-state index in [-0.39, 0.29) is 35.7 Å². The standard InChI is InChI=1S/C21H26N2O.ClH/c1-21(2)15-23(14-13-18(21)22)20(24)19(16-9-5-3-6-10-16)17-11-7-4-8-12-17;/h3-12,18-19H,13-15,22H2,1-2H3;1H. The van der Waals surface area contributed by atoms with Crippen LogP contribution in [-0.4, -0.2) is 29.9 Å². The molecule has 134 valence electrons. The van der Waals surface area contributed by atoms with Crippen LogP contribution in [-0.2, 0) is 4.79 Å². The highest BCUT2D eigenvalue weighted by Gasteiger charge is 2.37. The van der Waals surface area contributed by atoms with Gasteiger partial charge in [0.2, 0.25) is 5.91 Å². The first-order chi connectivity index (χ1) is 11.5. The predicted molar refractivity (Wildman–Crippen MR) is 105 cm³/mol. The smallest absolute Gasteiger partial charge is 0.234 e. The minimum Gasteiger partial charge on any atom is -0.341 e. The Morgan fingerprint density at radius 2 is 1.52 bits per heavy atom. The fourth-order valence-electron chi connectivity index (χ4n) is 3.51. The molecule has 1 unspecified atom stereocenters. The molecule has 1 atom stereocenters. The number of hydrogen-bond donors (Lipinski definition) is 1. The molecule has 0 saturated carbocycles. The lowest BCUT2D eigenvalue weighted by molar-refractivity contribution is -0.135. The van der Waals surface area contributed by atoms with Crippen LogP contribution >= 0.6 is 12.4 Å². The maximum Gasteiger partial charge on any atom is 0.234 e. The summed E-state index contributed by atoms with van der Waals surface area (Å²) in [5.74, 6) is -0.0788. The van der Waals surface area contributed by atoms with E-state index in [1.54, 1.807) is 0 Å². The van der Waals surface area contributed by atoms with Crippen molar-refractivity contribution in [2.75, 3.05) is 13.1 Å². The number of nitrogens with zero attached hydrogens (tertiary/aromatic N) is 1. The number of hydrogen-bond acceptors (Lipinski definition) is 2. The molecule has 1 aliphatic rings. The average Bonchev–Trinajstić information content (AvgIpc) is 2.59. The van der Waals surface area contributed by atoms with Crippen molar-refractivity contribution in [2.45, 2.75) is 32.2 Å². The Labute approximate surface area is 156 Å². The zero-order chi connectivity index (χ0) is 17.2. The van der Waals surface area contributed by atoms with Crippen molar-refractivity contribution < 1.29 is 4.79 Å². The van der Waals surface area contributed by atoms with Crippen molar-refractivity contribution in [1.82, 2.24) is 4.90 Å². The average molecular weight is 359 g/mol. The molecule has 3 nitrogen and oxygen atoms in total. The van der Waals surface area contributed by atoms with Crippen LogP contribution in [0.25, 0.3) is 0 Å². The molecule has 3 rings (SSSR count). The first-order valence-corrected chi connectivity index (χ1v) is 8.63. The number of likely N-dealkylation sites (tertiary alicyclic amines) is 1. The number of amides is 1. The van der Waals surface area contributed by atoms with Crippen molar-refractivity contribution in [1.29, 1.82) is 0 Å². The maximum absolute atomic E-state index is 13.4. The van der Waals surface area contributed by atoms with Crippen LogP contribution in [0.4, 0.5) is 0 Å². The van der Waals surface area contributed by atoms with E-state index in [0.717, 1.165) is 24.1 Å². The van der Waals surface area contributed by atoms with Gasteiger partial charge >= 0.3 is 0 Å². The molecule has 0 aromatic heterocycles. The molecule has 1 aliphatic heterocycles. The fourth-order valence-corrected chi connectivity index (χ4v) is 3.51. The van der Waals surface area contributed by atoms with Crippen LogP contribution in [0.1, 0.15) is 37.3 Å². The van der Waals surface area contributed by atoms with Crippen LogP contribution in [0.2, 0.25) is 0 Å². The molecule has 0 radical (unpaired) electrons. The number of rotatable bonds is 3. The number of piperidine rings is 1. The Morgan fingerprint density at radius 1 is 1.04 bits per heavy atom. The Morgan fingerprint density at radius 3 is 1.96 bits per heavy atom. The van der Waals surface area contributed by atoms with E-state index in [1.165, 1.54) is 0 Å². The summed E-state index contributed by atoms with van der Waals surface area (Å²) in [6, 6.07) is 20.2. The number of carbonyl (C=O) groups excluding carboxylic acids is 1. The number of benzene rings is 2. The van der Waals surface area contributed by atoms with Crippen molar-refractivity contribution in [2.24, 2.45) is 11.1 Å². The second-order valence-electron chi connectivity index (χ2n) is 7.40. The molecule has 25 heavy (non-hydrogen) atoms. The van der Waals surface area contributed by atoms with Crippen molar-refractivity contribution in [3.63, 3.8) is 0 Å². The highest BCUT2D eigenvalue weighted by molar-refractivity contribution is 5.87. The van der Waals surface area contributed by atoms with Gasteiger partial charge in [-0.05, 0) is 23.0 Å². The summed E-state index contributed by atoms with van der Waals surface area (Å²) in [5.41, 5.74) is 8.27. The lowest BCUT2D eigenvalue weighted by Crippen LogP contribution is -2.54. The number of carbonyl (C=O) groups is 1. The number of nitrogens with two attached hydrogens (primary N) is 1. The van der Waals surface area contributed by atoms with Crippen LogP contribution in [0.5, 0.6) is 0 Å². The molecule has 1 amide bonds. The highest BCUT2D eigenvalue weighted by atomic mass is 35.5. The molecule has 0 spiro atoms. The summed E-state index contributed by atoms with van der Waals surface area (Å²) in [5, 5.41) is 0. The second-order valence-corrected chi connectivity index (χ2v) is 7.40. The first kappa shape index (κ1) is 19.5. The summed E-state index contributed by atoms with van der Waals surface area (Å²) < 4.78 is 0. The molecule has 2 aromatic carbocycles. The zero-order valence-electron chi connectivity index (χ0n) is 14.9. The van der Waals surface area contributed by atoms with Gasteiger partial charge in [-0.15, -0.1) is 12.4 Å². The van der Waals surface area contributed by atoms with Gasteiger partial charge in [0, 0.05) is 19.1 Å². The summed E-state index contributed by atoms with van der Waals surface area (Å²) in [6.45, 7) is 5.75. The lowest BCUT2D eigenvalue weighted by Gasteiger charge is -2.43. The quantitative estimate of drug-likeness (QED) is 0.906. The number of halogens is 1. The van der Waals surface area contributed by atoms with Gasteiger partial charge in [-0.3, -0.25) is 4.79 Å². The van der Waals surface area contributed by atoms with E-state index in [1.807, 2.05) is 65.6 Å². The second kappa shape index (κ2) is 8.03. The third kappa shape index (κ3) is 4.23. The SMILES string of the molecule is CC1(C)CN(C(=O)C(c2ccccc2)c2ccccc2)CCC1N.Cl. The summed E-state index contributed by atoms with van der Waals surface area (Å²) >= 11 is 0. The van der Waals surface area contributed by atoms with Gasteiger partial charge in [0.25, 0.3) is 0 Å². The molecule has 2 N–H and O–H groups in total. The third-order valence-electron chi connectivity index (χ3n) is 5.14. The van der Waals surface area contributed by atoms with E-state index in [4.69, 9.17) is 5.73 Å². The Hall–Kier alpha value is -1.84. The van der Waals surface area contributed by atoms with E-state index in [9.17, 15) is 4.79 Å². The minimum atomic E-state index is -0.252. The monoisotopic (exact) mass is 358 g/mol. The highest BCUT2D eigenvalue weighted by Crippen LogP contribution is 2.32. The maximum atomic E-state index is 13.4.